The molecule has 0 aromatic heterocycles. The van der Waals surface area contributed by atoms with Gasteiger partial charge in [-0.1, -0.05) is 6.92 Å². The van der Waals surface area contributed by atoms with Gasteiger partial charge in [0.2, 0.25) is 0 Å². The average Bonchev–Trinajstić information content (AvgIpc) is 3.01. The van der Waals surface area contributed by atoms with E-state index in [1.807, 2.05) is 0 Å². The molecule has 0 saturated carbocycles. The third-order valence-electron chi connectivity index (χ3n) is 5.11. The van der Waals surface area contributed by atoms with Gasteiger partial charge in [0.25, 0.3) is 0 Å². The van der Waals surface area contributed by atoms with Crippen LogP contribution in [0.15, 0.2) is 0 Å². The molecule has 3 aliphatic rings. The number of hydrogen-bond acceptors (Lipinski definition) is 5. The highest BCUT2D eigenvalue weighted by atomic mass is 16.7. The first kappa shape index (κ1) is 15.7. The molecule has 3 heterocycles. The van der Waals surface area contributed by atoms with E-state index in [1.165, 1.54) is 0 Å². The zero-order valence-corrected chi connectivity index (χ0v) is 13.1. The van der Waals surface area contributed by atoms with E-state index >= 15 is 0 Å². The van der Waals surface area contributed by atoms with E-state index in [9.17, 15) is 0 Å². The highest BCUT2D eigenvalue weighted by molar-refractivity contribution is 4.93. The molecule has 5 nitrogen and oxygen atoms in total. The molecule has 3 fully saturated rings. The van der Waals surface area contributed by atoms with Crippen molar-refractivity contribution in [2.75, 3.05) is 39.6 Å². The van der Waals surface area contributed by atoms with Crippen molar-refractivity contribution < 1.29 is 18.9 Å². The minimum absolute atomic E-state index is 0.0254. The summed E-state index contributed by atoms with van der Waals surface area (Å²) in [6.45, 7) is 7.19. The predicted molar refractivity (Wildman–Crippen MR) is 79.2 cm³/mol. The third kappa shape index (κ3) is 3.96. The lowest BCUT2D eigenvalue weighted by Gasteiger charge is -2.45. The summed E-state index contributed by atoms with van der Waals surface area (Å²) in [6.07, 6.45) is 5.28. The maximum atomic E-state index is 6.16. The number of ether oxygens (including phenoxy) is 4. The molecule has 1 spiro atoms. The molecule has 0 aliphatic carbocycles. The molecular weight excluding hydrogens is 270 g/mol. The Morgan fingerprint density at radius 1 is 1.10 bits per heavy atom. The van der Waals surface area contributed by atoms with Crippen molar-refractivity contribution in [2.24, 2.45) is 5.92 Å². The van der Waals surface area contributed by atoms with Crippen LogP contribution in [0.25, 0.3) is 0 Å². The molecule has 2 atom stereocenters. The number of rotatable bonds is 5. The summed E-state index contributed by atoms with van der Waals surface area (Å²) in [5, 5.41) is 3.65. The van der Waals surface area contributed by atoms with Crippen LogP contribution in [0.4, 0.5) is 0 Å². The summed E-state index contributed by atoms with van der Waals surface area (Å²) in [6, 6.07) is 0.460. The zero-order chi connectivity index (χ0) is 14.5. The van der Waals surface area contributed by atoms with Gasteiger partial charge in [-0.15, -0.1) is 0 Å². The van der Waals surface area contributed by atoms with Gasteiger partial charge in [-0.2, -0.15) is 0 Å². The van der Waals surface area contributed by atoms with E-state index < -0.39 is 0 Å². The molecule has 5 heteroatoms. The van der Waals surface area contributed by atoms with Crippen molar-refractivity contribution in [3.63, 3.8) is 0 Å². The predicted octanol–water partition coefficient (Wildman–Crippen LogP) is 1.70. The van der Waals surface area contributed by atoms with E-state index in [0.717, 1.165) is 71.7 Å². The Morgan fingerprint density at radius 2 is 1.86 bits per heavy atom. The van der Waals surface area contributed by atoms with Crippen LogP contribution in [0.5, 0.6) is 0 Å². The first-order chi connectivity index (χ1) is 10.3. The Balaban J connectivity index is 1.60. The van der Waals surface area contributed by atoms with E-state index in [1.54, 1.807) is 0 Å². The molecule has 21 heavy (non-hydrogen) atoms. The smallest absolute Gasteiger partial charge is 0.159 e. The minimum Gasteiger partial charge on any atom is -0.381 e. The van der Waals surface area contributed by atoms with Crippen molar-refractivity contribution in [3.8, 4) is 0 Å². The monoisotopic (exact) mass is 299 g/mol. The molecule has 0 amide bonds. The van der Waals surface area contributed by atoms with Gasteiger partial charge >= 0.3 is 0 Å². The lowest BCUT2D eigenvalue weighted by atomic mass is 9.77. The quantitative estimate of drug-likeness (QED) is 0.837. The SMILES string of the molecule is CCNC(CC1OCCO1)C1CCOC2(CCOCC2)C1. The molecular formula is C16H29NO4. The third-order valence-corrected chi connectivity index (χ3v) is 5.11. The lowest BCUT2D eigenvalue weighted by molar-refractivity contribution is -0.153. The second kappa shape index (κ2) is 7.38. The summed E-state index contributed by atoms with van der Waals surface area (Å²) < 4.78 is 23.0. The molecule has 0 radical (unpaired) electrons. The van der Waals surface area contributed by atoms with E-state index in [-0.39, 0.29) is 11.9 Å². The van der Waals surface area contributed by atoms with Gasteiger partial charge in [0.15, 0.2) is 6.29 Å². The summed E-state index contributed by atoms with van der Waals surface area (Å²) in [5.41, 5.74) is 0.0617. The average molecular weight is 299 g/mol. The van der Waals surface area contributed by atoms with Gasteiger partial charge in [-0.3, -0.25) is 0 Å². The van der Waals surface area contributed by atoms with Crippen molar-refractivity contribution in [1.82, 2.24) is 5.32 Å². The van der Waals surface area contributed by atoms with Crippen LogP contribution in [0.3, 0.4) is 0 Å². The standard InChI is InChI=1S/C16H29NO4/c1-2-17-14(11-15-19-9-10-20-15)13-3-6-21-16(12-13)4-7-18-8-5-16/h13-15,17H,2-12H2,1H3. The molecule has 122 valence electrons. The van der Waals surface area contributed by atoms with Crippen LogP contribution in [0, 0.1) is 5.92 Å². The van der Waals surface area contributed by atoms with E-state index in [2.05, 4.69) is 12.2 Å². The van der Waals surface area contributed by atoms with Crippen molar-refractivity contribution in [1.29, 1.82) is 0 Å². The fourth-order valence-electron chi connectivity index (χ4n) is 3.96. The summed E-state index contributed by atoms with van der Waals surface area (Å²) in [4.78, 5) is 0. The highest BCUT2D eigenvalue weighted by Gasteiger charge is 2.41. The second-order valence-corrected chi connectivity index (χ2v) is 6.47. The van der Waals surface area contributed by atoms with Crippen molar-refractivity contribution >= 4 is 0 Å². The summed E-state index contributed by atoms with van der Waals surface area (Å²) >= 11 is 0. The molecule has 3 aliphatic heterocycles. The Kier molecular flexibility index (Phi) is 5.51. The van der Waals surface area contributed by atoms with Crippen molar-refractivity contribution in [3.05, 3.63) is 0 Å². The Hall–Kier alpha value is -0.200. The summed E-state index contributed by atoms with van der Waals surface area (Å²) in [5.74, 6) is 0.643. The topological polar surface area (TPSA) is 49.0 Å². The molecule has 3 rings (SSSR count). The van der Waals surface area contributed by atoms with Crippen LogP contribution in [0.1, 0.15) is 39.0 Å². The molecule has 3 saturated heterocycles. The Morgan fingerprint density at radius 3 is 2.57 bits per heavy atom. The Labute approximate surface area is 127 Å². The van der Waals surface area contributed by atoms with Gasteiger partial charge in [0, 0.05) is 32.3 Å². The van der Waals surface area contributed by atoms with Crippen LogP contribution < -0.4 is 5.32 Å². The molecule has 0 bridgehead atoms. The summed E-state index contributed by atoms with van der Waals surface area (Å²) in [7, 11) is 0. The molecule has 2 unspecified atom stereocenters. The van der Waals surface area contributed by atoms with Crippen LogP contribution in [-0.2, 0) is 18.9 Å². The first-order valence-electron chi connectivity index (χ1n) is 8.50. The number of nitrogens with one attached hydrogen (secondary N) is 1. The van der Waals surface area contributed by atoms with Crippen LogP contribution in [-0.4, -0.2) is 57.5 Å². The lowest BCUT2D eigenvalue weighted by Crippen LogP contribution is -2.50. The molecule has 0 aromatic rings. The second-order valence-electron chi connectivity index (χ2n) is 6.47. The minimum atomic E-state index is -0.0254. The van der Waals surface area contributed by atoms with Crippen molar-refractivity contribution in [2.45, 2.75) is 57.0 Å². The molecule has 1 N–H and O–H groups in total. The van der Waals surface area contributed by atoms with Gasteiger partial charge < -0.3 is 24.3 Å². The maximum Gasteiger partial charge on any atom is 0.159 e. The fourth-order valence-corrected chi connectivity index (χ4v) is 3.96. The fraction of sp³-hybridized carbons (Fsp3) is 1.00. The zero-order valence-electron chi connectivity index (χ0n) is 13.1. The first-order valence-corrected chi connectivity index (χ1v) is 8.50. The van der Waals surface area contributed by atoms with E-state index in [0.29, 0.717) is 12.0 Å². The Bertz CT molecular complexity index is 308. The normalized spacial score (nSPS) is 31.6. The van der Waals surface area contributed by atoms with Gasteiger partial charge in [0.1, 0.15) is 0 Å². The molecule has 0 aromatic carbocycles. The van der Waals surface area contributed by atoms with Crippen LogP contribution >= 0.6 is 0 Å². The van der Waals surface area contributed by atoms with Gasteiger partial charge in [0.05, 0.1) is 18.8 Å². The number of hydrogen-bond donors (Lipinski definition) is 1. The highest BCUT2D eigenvalue weighted by Crippen LogP contribution is 2.39. The maximum absolute atomic E-state index is 6.16. The van der Waals surface area contributed by atoms with Crippen LogP contribution in [0.2, 0.25) is 0 Å². The van der Waals surface area contributed by atoms with E-state index in [4.69, 9.17) is 18.9 Å². The largest absolute Gasteiger partial charge is 0.381 e. The van der Waals surface area contributed by atoms with Gasteiger partial charge in [-0.25, -0.2) is 0 Å². The van der Waals surface area contributed by atoms with Gasteiger partial charge in [-0.05, 0) is 38.1 Å².